The second-order valence-electron chi connectivity index (χ2n) is 3.60. The maximum Gasteiger partial charge on any atom is 0.301 e. The number of thioether (sulfide) groups is 1. The molecule has 0 radical (unpaired) electrons. The number of hydrogen-bond donors (Lipinski definition) is 2. The normalized spacial score (nSPS) is 10.5. The van der Waals surface area contributed by atoms with Gasteiger partial charge in [-0.15, -0.1) is 0 Å². The molecule has 0 saturated carbocycles. The van der Waals surface area contributed by atoms with Gasteiger partial charge in [0, 0.05) is 19.3 Å². The fourth-order valence-corrected chi connectivity index (χ4v) is 2.20. The van der Waals surface area contributed by atoms with Gasteiger partial charge in [0.25, 0.3) is 0 Å². The fourth-order valence-electron chi connectivity index (χ4n) is 1.39. The Morgan fingerprint density at radius 1 is 1.65 bits per heavy atom. The molecule has 96 valence electrons. The molecule has 0 bridgehead atoms. The molecule has 1 heterocycles. The van der Waals surface area contributed by atoms with Gasteiger partial charge in [-0.05, 0) is 25.2 Å². The summed E-state index contributed by atoms with van der Waals surface area (Å²) in [4.78, 5) is 11.3. The Balaban J connectivity index is 2.42. The summed E-state index contributed by atoms with van der Waals surface area (Å²) in [5.41, 5.74) is 2.87. The summed E-state index contributed by atoms with van der Waals surface area (Å²) in [6, 6.07) is 1.87. The Kier molecular flexibility index (Phi) is 6.10. The van der Waals surface area contributed by atoms with Crippen LogP contribution in [0.3, 0.4) is 0 Å². The Labute approximate surface area is 105 Å². The van der Waals surface area contributed by atoms with Crippen LogP contribution in [0.1, 0.15) is 28.3 Å². The quantitative estimate of drug-likeness (QED) is 0.335. The molecule has 0 aliphatic rings. The number of carbonyl (C=O) groups is 1. The third kappa shape index (κ3) is 4.41. The van der Waals surface area contributed by atoms with Crippen LogP contribution >= 0.6 is 11.8 Å². The molecular formula is C11H18N2O3S. The minimum absolute atomic E-state index is 0.292. The van der Waals surface area contributed by atoms with E-state index >= 15 is 0 Å². The lowest BCUT2D eigenvalue weighted by Crippen LogP contribution is -2.30. The van der Waals surface area contributed by atoms with Crippen LogP contribution in [0.5, 0.6) is 0 Å². The van der Waals surface area contributed by atoms with Crippen LogP contribution in [0.4, 0.5) is 0 Å². The molecule has 0 aliphatic carbocycles. The number of methoxy groups -OCH3 is 1. The van der Waals surface area contributed by atoms with Crippen LogP contribution in [-0.4, -0.2) is 25.4 Å². The zero-order valence-corrected chi connectivity index (χ0v) is 10.9. The third-order valence-corrected chi connectivity index (χ3v) is 3.25. The van der Waals surface area contributed by atoms with E-state index < -0.39 is 5.91 Å². The Bertz CT molecular complexity index is 366. The number of nitrogen functional groups attached to an aromatic ring is 1. The molecule has 0 fully saturated rings. The minimum Gasteiger partial charge on any atom is -0.455 e. The summed E-state index contributed by atoms with van der Waals surface area (Å²) in [5.74, 6) is 7.51. The molecule has 1 aromatic rings. The molecule has 5 nitrogen and oxygen atoms in total. The number of carbonyl (C=O) groups excluding carboxylic acids is 1. The number of ether oxygens (including phenoxy) is 1. The van der Waals surface area contributed by atoms with Crippen molar-refractivity contribution in [1.82, 2.24) is 5.43 Å². The second kappa shape index (κ2) is 7.37. The van der Waals surface area contributed by atoms with Gasteiger partial charge in [-0.3, -0.25) is 10.2 Å². The van der Waals surface area contributed by atoms with Gasteiger partial charge in [0.05, 0.1) is 5.75 Å². The van der Waals surface area contributed by atoms with Gasteiger partial charge in [-0.1, -0.05) is 0 Å². The van der Waals surface area contributed by atoms with E-state index in [9.17, 15) is 4.79 Å². The molecule has 0 unspecified atom stereocenters. The van der Waals surface area contributed by atoms with Crippen molar-refractivity contribution in [3.63, 3.8) is 0 Å². The van der Waals surface area contributed by atoms with E-state index in [1.54, 1.807) is 18.9 Å². The van der Waals surface area contributed by atoms with E-state index in [-0.39, 0.29) is 0 Å². The molecule has 0 aromatic carbocycles. The van der Waals surface area contributed by atoms with Crippen LogP contribution in [0.25, 0.3) is 0 Å². The highest BCUT2D eigenvalue weighted by Crippen LogP contribution is 2.19. The lowest BCUT2D eigenvalue weighted by molar-refractivity contribution is 0.0923. The third-order valence-electron chi connectivity index (χ3n) is 2.19. The first kappa shape index (κ1) is 14.1. The number of amides is 1. The standard InChI is InChI=1S/C11H18N2O3S/c1-8-6-9(7-17-5-3-4-15-2)16-10(8)11(14)13-12/h6H,3-5,7,12H2,1-2H3,(H,13,14). The predicted molar refractivity (Wildman–Crippen MR) is 67.8 cm³/mol. The molecule has 1 rings (SSSR count). The van der Waals surface area contributed by atoms with Gasteiger partial charge in [-0.2, -0.15) is 11.8 Å². The van der Waals surface area contributed by atoms with Crippen molar-refractivity contribution in [2.24, 2.45) is 5.84 Å². The molecule has 0 atom stereocenters. The Hall–Kier alpha value is -0.980. The first-order chi connectivity index (χ1) is 8.19. The number of hydrazine groups is 1. The van der Waals surface area contributed by atoms with E-state index in [2.05, 4.69) is 5.43 Å². The lowest BCUT2D eigenvalue weighted by Gasteiger charge is -1.99. The fraction of sp³-hybridized carbons (Fsp3) is 0.545. The van der Waals surface area contributed by atoms with Crippen molar-refractivity contribution in [3.05, 3.63) is 23.2 Å². The molecule has 6 heteroatoms. The first-order valence-corrected chi connectivity index (χ1v) is 6.51. The molecule has 1 aromatic heterocycles. The molecule has 0 saturated heterocycles. The average Bonchev–Trinajstić information content (AvgIpc) is 2.69. The van der Waals surface area contributed by atoms with E-state index in [0.29, 0.717) is 5.76 Å². The Morgan fingerprint density at radius 2 is 2.41 bits per heavy atom. The number of nitrogens with two attached hydrogens (primary N) is 1. The lowest BCUT2D eigenvalue weighted by atomic mass is 10.2. The largest absolute Gasteiger partial charge is 0.455 e. The number of rotatable bonds is 7. The predicted octanol–water partition coefficient (Wildman–Crippen LogP) is 1.46. The van der Waals surface area contributed by atoms with Gasteiger partial charge in [-0.25, -0.2) is 5.84 Å². The summed E-state index contributed by atoms with van der Waals surface area (Å²) >= 11 is 1.75. The van der Waals surface area contributed by atoms with Crippen LogP contribution in [0.15, 0.2) is 10.5 Å². The van der Waals surface area contributed by atoms with Crippen molar-refractivity contribution < 1.29 is 13.9 Å². The number of aryl methyl sites for hydroxylation is 1. The summed E-state index contributed by atoms with van der Waals surface area (Å²) in [6.07, 6.45) is 1.01. The maximum atomic E-state index is 11.3. The van der Waals surface area contributed by atoms with Crippen molar-refractivity contribution in [3.8, 4) is 0 Å². The van der Waals surface area contributed by atoms with Crippen molar-refractivity contribution in [2.45, 2.75) is 19.1 Å². The smallest absolute Gasteiger partial charge is 0.301 e. The molecule has 1 amide bonds. The summed E-state index contributed by atoms with van der Waals surface area (Å²) in [5, 5.41) is 0. The minimum atomic E-state index is -0.391. The highest BCUT2D eigenvalue weighted by Gasteiger charge is 2.14. The van der Waals surface area contributed by atoms with Crippen molar-refractivity contribution in [2.75, 3.05) is 19.5 Å². The number of nitrogens with one attached hydrogen (secondary N) is 1. The first-order valence-electron chi connectivity index (χ1n) is 5.36. The second-order valence-corrected chi connectivity index (χ2v) is 4.70. The topological polar surface area (TPSA) is 77.5 Å². The summed E-state index contributed by atoms with van der Waals surface area (Å²) in [7, 11) is 1.69. The van der Waals surface area contributed by atoms with Gasteiger partial charge in [0.15, 0.2) is 5.76 Å². The number of furan rings is 1. The van der Waals surface area contributed by atoms with Gasteiger partial charge in [0.2, 0.25) is 0 Å². The zero-order chi connectivity index (χ0) is 12.7. The van der Waals surface area contributed by atoms with E-state index in [4.69, 9.17) is 15.0 Å². The molecule has 17 heavy (non-hydrogen) atoms. The summed E-state index contributed by atoms with van der Waals surface area (Å²) < 4.78 is 10.4. The molecular weight excluding hydrogens is 240 g/mol. The number of hydrogen-bond acceptors (Lipinski definition) is 5. The van der Waals surface area contributed by atoms with Crippen LogP contribution in [0, 0.1) is 6.92 Å². The van der Waals surface area contributed by atoms with E-state index in [1.165, 1.54) is 0 Å². The molecule has 0 spiro atoms. The highest BCUT2D eigenvalue weighted by atomic mass is 32.2. The average molecular weight is 258 g/mol. The van der Waals surface area contributed by atoms with Gasteiger partial charge >= 0.3 is 5.91 Å². The van der Waals surface area contributed by atoms with E-state index in [1.807, 2.05) is 13.0 Å². The Morgan fingerprint density at radius 3 is 3.06 bits per heavy atom. The molecule has 3 N–H and O–H groups in total. The van der Waals surface area contributed by atoms with Crippen LogP contribution in [0.2, 0.25) is 0 Å². The molecule has 0 aliphatic heterocycles. The maximum absolute atomic E-state index is 11.3. The van der Waals surface area contributed by atoms with Crippen molar-refractivity contribution >= 4 is 17.7 Å². The summed E-state index contributed by atoms with van der Waals surface area (Å²) in [6.45, 7) is 2.60. The van der Waals surface area contributed by atoms with E-state index in [0.717, 1.165) is 35.9 Å². The van der Waals surface area contributed by atoms with Crippen LogP contribution in [-0.2, 0) is 10.5 Å². The van der Waals surface area contributed by atoms with Gasteiger partial charge in [0.1, 0.15) is 5.76 Å². The highest BCUT2D eigenvalue weighted by molar-refractivity contribution is 7.98. The zero-order valence-electron chi connectivity index (χ0n) is 10.1. The van der Waals surface area contributed by atoms with Crippen molar-refractivity contribution in [1.29, 1.82) is 0 Å². The van der Waals surface area contributed by atoms with Crippen LogP contribution < -0.4 is 11.3 Å². The monoisotopic (exact) mass is 258 g/mol. The SMILES string of the molecule is COCCCSCc1cc(C)c(C(=O)NN)o1. The van der Waals surface area contributed by atoms with Gasteiger partial charge < -0.3 is 9.15 Å².